The number of rotatable bonds is 10. The topological polar surface area (TPSA) is 76.0 Å². The molecule has 1 aromatic heterocycles. The number of hydrogen-bond acceptors (Lipinski definition) is 4. The van der Waals surface area contributed by atoms with E-state index in [0.717, 1.165) is 16.8 Å². The van der Waals surface area contributed by atoms with Gasteiger partial charge in [-0.1, -0.05) is 60.7 Å². The smallest absolute Gasteiger partial charge is 0.211 e. The first kappa shape index (κ1) is 20.3. The molecule has 148 valence electrons. The van der Waals surface area contributed by atoms with Gasteiger partial charge in [0.15, 0.2) is 0 Å². The summed E-state index contributed by atoms with van der Waals surface area (Å²) in [6.07, 6.45) is 2.05. The van der Waals surface area contributed by atoms with Crippen molar-refractivity contribution in [2.45, 2.75) is 20.0 Å². The second kappa shape index (κ2) is 9.64. The third-order valence-corrected chi connectivity index (χ3v) is 5.80. The van der Waals surface area contributed by atoms with E-state index in [1.54, 1.807) is 6.92 Å². The molecule has 0 bridgehead atoms. The van der Waals surface area contributed by atoms with Gasteiger partial charge < -0.3 is 5.32 Å². The molecule has 7 heteroatoms. The van der Waals surface area contributed by atoms with Crippen molar-refractivity contribution in [3.63, 3.8) is 0 Å². The Kier molecular flexibility index (Phi) is 6.97. The van der Waals surface area contributed by atoms with Crippen molar-refractivity contribution in [3.8, 4) is 11.3 Å². The molecule has 0 radical (unpaired) electrons. The van der Waals surface area contributed by atoms with Gasteiger partial charge >= 0.3 is 0 Å². The van der Waals surface area contributed by atoms with E-state index in [0.29, 0.717) is 26.2 Å². The molecule has 3 aromatic rings. The van der Waals surface area contributed by atoms with Crippen LogP contribution in [-0.4, -0.2) is 37.0 Å². The summed E-state index contributed by atoms with van der Waals surface area (Å²) in [4.78, 5) is 0. The Bertz CT molecular complexity index is 970. The summed E-state index contributed by atoms with van der Waals surface area (Å²) in [6, 6.07) is 20.3. The maximum Gasteiger partial charge on any atom is 0.211 e. The first-order chi connectivity index (χ1) is 13.6. The van der Waals surface area contributed by atoms with Crippen LogP contribution in [0, 0.1) is 0 Å². The molecule has 0 fully saturated rings. The lowest BCUT2D eigenvalue weighted by Crippen LogP contribution is -2.32. The molecule has 0 spiro atoms. The van der Waals surface area contributed by atoms with Gasteiger partial charge in [-0.3, -0.25) is 4.68 Å². The summed E-state index contributed by atoms with van der Waals surface area (Å²) < 4.78 is 27.5. The molecule has 0 amide bonds. The Hall–Kier alpha value is -2.48. The average Bonchev–Trinajstić information content (AvgIpc) is 3.11. The Morgan fingerprint density at radius 1 is 0.964 bits per heavy atom. The monoisotopic (exact) mass is 398 g/mol. The van der Waals surface area contributed by atoms with Crippen molar-refractivity contribution in [2.75, 3.05) is 18.8 Å². The Morgan fingerprint density at radius 3 is 2.32 bits per heavy atom. The van der Waals surface area contributed by atoms with E-state index in [1.807, 2.05) is 53.2 Å². The third kappa shape index (κ3) is 5.76. The summed E-state index contributed by atoms with van der Waals surface area (Å²) >= 11 is 0. The van der Waals surface area contributed by atoms with Crippen molar-refractivity contribution in [1.29, 1.82) is 0 Å². The zero-order valence-electron chi connectivity index (χ0n) is 16.0. The van der Waals surface area contributed by atoms with Crippen molar-refractivity contribution >= 4 is 10.0 Å². The quantitative estimate of drug-likeness (QED) is 0.515. The van der Waals surface area contributed by atoms with Gasteiger partial charge in [-0.2, -0.15) is 5.10 Å². The SMILES string of the molecule is CCS(=O)(=O)NCCNCc1cn(Cc2ccccc2)nc1-c1ccccc1. The molecule has 0 aliphatic heterocycles. The second-order valence-corrected chi connectivity index (χ2v) is 8.62. The fraction of sp³-hybridized carbons (Fsp3) is 0.286. The van der Waals surface area contributed by atoms with Gasteiger partial charge in [0.1, 0.15) is 0 Å². The Morgan fingerprint density at radius 2 is 1.64 bits per heavy atom. The Labute approximate surface area is 166 Å². The van der Waals surface area contributed by atoms with Gasteiger partial charge in [0.2, 0.25) is 10.0 Å². The molecule has 0 aliphatic carbocycles. The minimum atomic E-state index is -3.15. The van der Waals surface area contributed by atoms with Gasteiger partial charge in [0.25, 0.3) is 0 Å². The van der Waals surface area contributed by atoms with Gasteiger partial charge in [-0.25, -0.2) is 13.1 Å². The van der Waals surface area contributed by atoms with Crippen LogP contribution in [0.25, 0.3) is 11.3 Å². The summed E-state index contributed by atoms with van der Waals surface area (Å²) in [5.41, 5.74) is 4.29. The van der Waals surface area contributed by atoms with E-state index >= 15 is 0 Å². The lowest BCUT2D eigenvalue weighted by Gasteiger charge is -2.06. The zero-order chi connectivity index (χ0) is 19.8. The normalized spacial score (nSPS) is 11.6. The minimum Gasteiger partial charge on any atom is -0.311 e. The van der Waals surface area contributed by atoms with Gasteiger partial charge in [0.05, 0.1) is 18.0 Å². The highest BCUT2D eigenvalue weighted by molar-refractivity contribution is 7.89. The summed E-state index contributed by atoms with van der Waals surface area (Å²) in [5, 5.41) is 8.10. The van der Waals surface area contributed by atoms with Crippen LogP contribution in [0.2, 0.25) is 0 Å². The van der Waals surface area contributed by atoms with Crippen LogP contribution in [0.5, 0.6) is 0 Å². The van der Waals surface area contributed by atoms with Crippen LogP contribution in [0.4, 0.5) is 0 Å². The molecule has 0 saturated carbocycles. The van der Waals surface area contributed by atoms with Gasteiger partial charge in [-0.15, -0.1) is 0 Å². The lowest BCUT2D eigenvalue weighted by atomic mass is 10.1. The molecule has 3 rings (SSSR count). The number of nitrogens with one attached hydrogen (secondary N) is 2. The van der Waals surface area contributed by atoms with E-state index in [1.165, 1.54) is 5.56 Å². The largest absolute Gasteiger partial charge is 0.311 e. The van der Waals surface area contributed by atoms with E-state index < -0.39 is 10.0 Å². The first-order valence-electron chi connectivity index (χ1n) is 9.41. The molecule has 2 aromatic carbocycles. The van der Waals surface area contributed by atoms with E-state index in [4.69, 9.17) is 5.10 Å². The fourth-order valence-electron chi connectivity index (χ4n) is 2.90. The predicted octanol–water partition coefficient (Wildman–Crippen LogP) is 2.63. The molecule has 28 heavy (non-hydrogen) atoms. The molecular formula is C21H26N4O2S. The number of aromatic nitrogens is 2. The maximum atomic E-state index is 11.5. The van der Waals surface area contributed by atoms with Gasteiger partial charge in [-0.05, 0) is 12.5 Å². The first-order valence-corrected chi connectivity index (χ1v) is 11.1. The molecule has 0 atom stereocenters. The number of benzene rings is 2. The second-order valence-electron chi connectivity index (χ2n) is 6.53. The van der Waals surface area contributed by atoms with Crippen LogP contribution < -0.4 is 10.0 Å². The van der Waals surface area contributed by atoms with Crippen LogP contribution >= 0.6 is 0 Å². The Balaban J connectivity index is 1.69. The van der Waals surface area contributed by atoms with Crippen molar-refractivity contribution in [1.82, 2.24) is 19.8 Å². The molecule has 0 aliphatic rings. The summed E-state index contributed by atoms with van der Waals surface area (Å²) in [6.45, 7) is 3.87. The molecular weight excluding hydrogens is 372 g/mol. The standard InChI is InChI=1S/C21H26N4O2S/c1-2-28(26,27)23-14-13-22-15-20-17-25(16-18-9-5-3-6-10-18)24-21(20)19-11-7-4-8-12-19/h3-12,17,22-23H,2,13-16H2,1H3. The highest BCUT2D eigenvalue weighted by Gasteiger charge is 2.11. The van der Waals surface area contributed by atoms with Gasteiger partial charge in [0, 0.05) is 37.0 Å². The fourth-order valence-corrected chi connectivity index (χ4v) is 3.52. The van der Waals surface area contributed by atoms with E-state index in [9.17, 15) is 8.42 Å². The number of hydrogen-bond donors (Lipinski definition) is 2. The highest BCUT2D eigenvalue weighted by Crippen LogP contribution is 2.22. The lowest BCUT2D eigenvalue weighted by molar-refractivity contribution is 0.577. The molecule has 2 N–H and O–H groups in total. The summed E-state index contributed by atoms with van der Waals surface area (Å²) in [5.74, 6) is 0.0947. The molecule has 1 heterocycles. The molecule has 6 nitrogen and oxygen atoms in total. The molecule has 0 unspecified atom stereocenters. The van der Waals surface area contributed by atoms with Crippen LogP contribution in [0.1, 0.15) is 18.1 Å². The van der Waals surface area contributed by atoms with Crippen LogP contribution in [-0.2, 0) is 23.1 Å². The predicted molar refractivity (Wildman–Crippen MR) is 112 cm³/mol. The maximum absolute atomic E-state index is 11.5. The van der Waals surface area contributed by atoms with E-state index in [-0.39, 0.29) is 5.75 Å². The summed E-state index contributed by atoms with van der Waals surface area (Å²) in [7, 11) is -3.15. The van der Waals surface area contributed by atoms with Crippen molar-refractivity contribution in [3.05, 3.63) is 78.0 Å². The minimum absolute atomic E-state index is 0.0947. The van der Waals surface area contributed by atoms with Crippen molar-refractivity contribution in [2.24, 2.45) is 0 Å². The number of sulfonamides is 1. The van der Waals surface area contributed by atoms with Crippen molar-refractivity contribution < 1.29 is 8.42 Å². The number of nitrogens with zero attached hydrogens (tertiary/aromatic N) is 2. The van der Waals surface area contributed by atoms with Crippen LogP contribution in [0.3, 0.4) is 0 Å². The third-order valence-electron chi connectivity index (χ3n) is 4.39. The highest BCUT2D eigenvalue weighted by atomic mass is 32.2. The molecule has 0 saturated heterocycles. The van der Waals surface area contributed by atoms with E-state index in [2.05, 4.69) is 28.4 Å². The average molecular weight is 399 g/mol. The van der Waals surface area contributed by atoms with Crippen LogP contribution in [0.15, 0.2) is 66.9 Å². The zero-order valence-corrected chi connectivity index (χ0v) is 16.8.